The van der Waals surface area contributed by atoms with Gasteiger partial charge < -0.3 is 10.5 Å². The molecule has 2 amide bonds. The first-order valence-electron chi connectivity index (χ1n) is 5.07. The minimum absolute atomic E-state index is 0.0987. The molecule has 0 aliphatic carbocycles. The zero-order chi connectivity index (χ0) is 12.4. The van der Waals surface area contributed by atoms with E-state index in [-0.39, 0.29) is 24.8 Å². The number of benzene rings is 1. The Morgan fingerprint density at radius 3 is 3.00 bits per heavy atom. The lowest BCUT2D eigenvalue weighted by atomic mass is 10.2. The molecule has 0 saturated carbocycles. The van der Waals surface area contributed by atoms with Crippen LogP contribution in [0.15, 0.2) is 18.2 Å². The van der Waals surface area contributed by atoms with Crippen LogP contribution in [0.25, 0.3) is 0 Å². The van der Waals surface area contributed by atoms with Gasteiger partial charge in [0.25, 0.3) is 5.91 Å². The first-order chi connectivity index (χ1) is 8.13. The number of nitrogen functional groups attached to an aromatic ring is 1. The minimum atomic E-state index is -0.404. The quantitative estimate of drug-likeness (QED) is 0.635. The van der Waals surface area contributed by atoms with Crippen molar-refractivity contribution in [3.63, 3.8) is 0 Å². The molecule has 1 aromatic rings. The van der Waals surface area contributed by atoms with Crippen LogP contribution in [-0.2, 0) is 9.59 Å². The van der Waals surface area contributed by atoms with Gasteiger partial charge in [-0.15, -0.1) is 11.6 Å². The number of hydrogen-bond acceptors (Lipinski definition) is 4. The van der Waals surface area contributed by atoms with Crippen LogP contribution in [0.5, 0.6) is 5.75 Å². The van der Waals surface area contributed by atoms with E-state index in [0.29, 0.717) is 17.1 Å². The zero-order valence-electron chi connectivity index (χ0n) is 8.98. The van der Waals surface area contributed by atoms with Crippen LogP contribution in [0, 0.1) is 0 Å². The molecule has 0 aromatic heterocycles. The lowest BCUT2D eigenvalue weighted by Gasteiger charge is -2.27. The topological polar surface area (TPSA) is 72.6 Å². The van der Waals surface area contributed by atoms with Gasteiger partial charge in [-0.25, -0.2) is 4.90 Å². The van der Waals surface area contributed by atoms with E-state index < -0.39 is 5.91 Å². The number of alkyl halides is 1. The van der Waals surface area contributed by atoms with Crippen LogP contribution in [-0.4, -0.2) is 24.3 Å². The number of imide groups is 1. The number of anilines is 2. The summed E-state index contributed by atoms with van der Waals surface area (Å²) in [5.74, 6) is -0.110. The Morgan fingerprint density at radius 1 is 1.53 bits per heavy atom. The van der Waals surface area contributed by atoms with Gasteiger partial charge in [0.05, 0.1) is 5.69 Å². The SMILES string of the molecule is Nc1ccc2c(c1)N(C(=O)CCCl)C(=O)CO2. The fraction of sp³-hybridized carbons (Fsp3) is 0.273. The Morgan fingerprint density at radius 2 is 2.29 bits per heavy atom. The maximum atomic E-state index is 11.8. The summed E-state index contributed by atoms with van der Waals surface area (Å²) in [4.78, 5) is 24.6. The lowest BCUT2D eigenvalue weighted by Crippen LogP contribution is -2.43. The molecule has 17 heavy (non-hydrogen) atoms. The number of carbonyl (C=O) groups is 2. The average molecular weight is 255 g/mol. The third-order valence-corrected chi connectivity index (χ3v) is 2.57. The number of amides is 2. The van der Waals surface area contributed by atoms with Crippen LogP contribution in [0.3, 0.4) is 0 Å². The maximum absolute atomic E-state index is 11.8. The molecule has 1 aliphatic rings. The highest BCUT2D eigenvalue weighted by atomic mass is 35.5. The zero-order valence-corrected chi connectivity index (χ0v) is 9.74. The predicted molar refractivity (Wildman–Crippen MR) is 64.2 cm³/mol. The third-order valence-electron chi connectivity index (χ3n) is 2.38. The van der Waals surface area contributed by atoms with Crippen molar-refractivity contribution in [2.45, 2.75) is 6.42 Å². The van der Waals surface area contributed by atoms with Crippen molar-refractivity contribution in [2.75, 3.05) is 23.1 Å². The second-order valence-corrected chi connectivity index (χ2v) is 3.96. The molecule has 0 unspecified atom stereocenters. The molecule has 2 rings (SSSR count). The highest BCUT2D eigenvalue weighted by Gasteiger charge is 2.30. The first-order valence-corrected chi connectivity index (χ1v) is 5.61. The van der Waals surface area contributed by atoms with Gasteiger partial charge in [0.1, 0.15) is 5.75 Å². The van der Waals surface area contributed by atoms with Gasteiger partial charge in [-0.05, 0) is 18.2 Å². The molecule has 1 heterocycles. The van der Waals surface area contributed by atoms with Crippen molar-refractivity contribution in [3.05, 3.63) is 18.2 Å². The maximum Gasteiger partial charge on any atom is 0.271 e. The van der Waals surface area contributed by atoms with Gasteiger partial charge in [-0.3, -0.25) is 9.59 Å². The van der Waals surface area contributed by atoms with Gasteiger partial charge in [0.15, 0.2) is 6.61 Å². The van der Waals surface area contributed by atoms with Crippen LogP contribution < -0.4 is 15.4 Å². The normalized spacial score (nSPS) is 14.2. The summed E-state index contributed by atoms with van der Waals surface area (Å²) in [6.07, 6.45) is 0.0987. The monoisotopic (exact) mass is 254 g/mol. The van der Waals surface area contributed by atoms with E-state index in [2.05, 4.69) is 0 Å². The second-order valence-electron chi connectivity index (χ2n) is 3.58. The first kappa shape index (κ1) is 11.7. The van der Waals surface area contributed by atoms with Crippen LogP contribution in [0.1, 0.15) is 6.42 Å². The van der Waals surface area contributed by atoms with Gasteiger partial charge in [0, 0.05) is 18.0 Å². The number of ether oxygens (including phenoxy) is 1. The summed E-state index contributed by atoms with van der Waals surface area (Å²) in [7, 11) is 0. The highest BCUT2D eigenvalue weighted by molar-refractivity contribution is 6.22. The summed E-state index contributed by atoms with van der Waals surface area (Å²) in [5.41, 5.74) is 6.48. The fourth-order valence-corrected chi connectivity index (χ4v) is 1.80. The van der Waals surface area contributed by atoms with Crippen LogP contribution in [0.2, 0.25) is 0 Å². The Kier molecular flexibility index (Phi) is 3.19. The van der Waals surface area contributed by atoms with Crippen molar-refractivity contribution in [3.8, 4) is 5.75 Å². The Balaban J connectivity index is 2.42. The van der Waals surface area contributed by atoms with Crippen molar-refractivity contribution < 1.29 is 14.3 Å². The molecule has 90 valence electrons. The number of nitrogens with zero attached hydrogens (tertiary/aromatic N) is 1. The summed E-state index contributed by atoms with van der Waals surface area (Å²) in [5, 5.41) is 0. The molecular weight excluding hydrogens is 244 g/mol. The number of fused-ring (bicyclic) bond motifs is 1. The minimum Gasteiger partial charge on any atom is -0.482 e. The average Bonchev–Trinajstić information content (AvgIpc) is 2.28. The number of nitrogens with two attached hydrogens (primary N) is 1. The molecule has 0 atom stereocenters. The Bertz CT molecular complexity index is 476. The number of halogens is 1. The fourth-order valence-electron chi connectivity index (χ4n) is 1.64. The summed E-state index contributed by atoms with van der Waals surface area (Å²) < 4.78 is 5.22. The Hall–Kier alpha value is -1.75. The predicted octanol–water partition coefficient (Wildman–Crippen LogP) is 1.15. The number of hydrogen-bond donors (Lipinski definition) is 1. The summed E-state index contributed by atoms with van der Waals surface area (Å²) in [6.45, 7) is -0.148. The van der Waals surface area contributed by atoms with E-state index in [1.165, 1.54) is 0 Å². The molecular formula is C11H11ClN2O3. The summed E-state index contributed by atoms with van der Waals surface area (Å²) in [6, 6.07) is 4.83. The molecule has 0 fully saturated rings. The summed E-state index contributed by atoms with van der Waals surface area (Å²) >= 11 is 5.51. The van der Waals surface area contributed by atoms with Crippen molar-refractivity contribution in [1.82, 2.24) is 0 Å². The highest BCUT2D eigenvalue weighted by Crippen LogP contribution is 2.34. The second kappa shape index (κ2) is 4.63. The van der Waals surface area contributed by atoms with Crippen molar-refractivity contribution in [1.29, 1.82) is 0 Å². The molecule has 5 nitrogen and oxygen atoms in total. The van der Waals surface area contributed by atoms with E-state index in [1.807, 2.05) is 0 Å². The van der Waals surface area contributed by atoms with Gasteiger partial charge in [-0.1, -0.05) is 0 Å². The van der Waals surface area contributed by atoms with Crippen molar-refractivity contribution >= 4 is 34.8 Å². The van der Waals surface area contributed by atoms with Crippen LogP contribution in [0.4, 0.5) is 11.4 Å². The smallest absolute Gasteiger partial charge is 0.271 e. The molecule has 6 heteroatoms. The lowest BCUT2D eigenvalue weighted by molar-refractivity contribution is -0.128. The van der Waals surface area contributed by atoms with E-state index >= 15 is 0 Å². The number of rotatable bonds is 2. The van der Waals surface area contributed by atoms with Crippen molar-refractivity contribution in [2.24, 2.45) is 0 Å². The van der Waals surface area contributed by atoms with E-state index in [1.54, 1.807) is 18.2 Å². The number of carbonyl (C=O) groups excluding carboxylic acids is 2. The molecule has 1 aliphatic heterocycles. The molecule has 0 spiro atoms. The largest absolute Gasteiger partial charge is 0.482 e. The molecule has 0 bridgehead atoms. The molecule has 2 N–H and O–H groups in total. The van der Waals surface area contributed by atoms with Gasteiger partial charge >= 0.3 is 0 Å². The molecule has 0 saturated heterocycles. The van der Waals surface area contributed by atoms with Gasteiger partial charge in [-0.2, -0.15) is 0 Å². The molecule has 0 radical (unpaired) electrons. The van der Waals surface area contributed by atoms with E-state index in [0.717, 1.165) is 4.90 Å². The third kappa shape index (κ3) is 2.19. The molecule has 1 aromatic carbocycles. The van der Waals surface area contributed by atoms with E-state index in [4.69, 9.17) is 22.1 Å². The van der Waals surface area contributed by atoms with E-state index in [9.17, 15) is 9.59 Å². The standard InChI is InChI=1S/C11H11ClN2O3/c12-4-3-10(15)14-8-5-7(13)1-2-9(8)17-6-11(14)16/h1-2,5H,3-4,6,13H2. The van der Waals surface area contributed by atoms with Gasteiger partial charge in [0.2, 0.25) is 5.91 Å². The van der Waals surface area contributed by atoms with Crippen LogP contribution >= 0.6 is 11.6 Å². The Labute approximate surface area is 103 Å².